The Labute approximate surface area is 391 Å². The van der Waals surface area contributed by atoms with Gasteiger partial charge in [-0.05, 0) is 6.07 Å². The fourth-order valence-electron chi connectivity index (χ4n) is 11.9. The zero-order valence-electron chi connectivity index (χ0n) is 36.3. The van der Waals surface area contributed by atoms with Crippen LogP contribution in [0, 0.1) is 0 Å². The molecule has 3 heteroatoms. The second-order valence-corrected chi connectivity index (χ2v) is 20.3. The van der Waals surface area contributed by atoms with E-state index in [1.165, 1.54) is 118 Å². The van der Waals surface area contributed by atoms with Gasteiger partial charge < -0.3 is 0 Å². The molecule has 14 aromatic rings. The van der Waals surface area contributed by atoms with E-state index in [4.69, 9.17) is 8.83 Å². The van der Waals surface area contributed by atoms with Crippen LogP contribution in [0.3, 0.4) is 0 Å². The first-order valence-electron chi connectivity index (χ1n) is 23.2. The van der Waals surface area contributed by atoms with Gasteiger partial charge in [-0.1, -0.05) is 18.2 Å². The van der Waals surface area contributed by atoms with Crippen LogP contribution in [0.5, 0.6) is 0 Å². The Bertz CT molecular complexity index is 4340. The minimum absolute atomic E-state index is 0.162. The van der Waals surface area contributed by atoms with Gasteiger partial charge >= 0.3 is 369 Å². The van der Waals surface area contributed by atoms with E-state index in [0.717, 1.165) is 46.1 Å². The molecule has 0 bridgehead atoms. The molecule has 0 unspecified atom stereocenters. The molecule has 0 saturated heterocycles. The Hall–Kier alpha value is -7.94. The predicted molar refractivity (Wildman–Crippen MR) is 285 cm³/mol. The van der Waals surface area contributed by atoms with E-state index in [1.54, 1.807) is 0 Å². The SMILES string of the molecule is C1=Cc2oc3cccc(-c4c5ccccc5c(-c5cccc6[se]c7ccc(-c8c9ccccc9c(-c9cccc%10oc%11ccccc%11c9%10)c9ccccc89)cc7c56)c5ccccc45)c3c2CC1. The first-order chi connectivity index (χ1) is 33.3. The van der Waals surface area contributed by atoms with Crippen molar-refractivity contribution in [2.24, 2.45) is 0 Å². The summed E-state index contributed by atoms with van der Waals surface area (Å²) in [5.41, 5.74) is 14.2. The van der Waals surface area contributed by atoms with Crippen molar-refractivity contribution in [2.75, 3.05) is 0 Å². The Morgan fingerprint density at radius 1 is 0.343 bits per heavy atom. The number of aryl methyl sites for hydroxylation is 1. The van der Waals surface area contributed by atoms with Crippen LogP contribution < -0.4 is 0 Å². The number of allylic oxidation sites excluding steroid dienone is 1. The molecule has 0 saturated carbocycles. The molecule has 1 aliphatic carbocycles. The van der Waals surface area contributed by atoms with Crippen molar-refractivity contribution in [1.29, 1.82) is 0 Å². The van der Waals surface area contributed by atoms with Crippen LogP contribution in [0.15, 0.2) is 209 Å². The second-order valence-electron chi connectivity index (χ2n) is 18.0. The summed E-state index contributed by atoms with van der Waals surface area (Å²) in [6.45, 7) is 0. The molecule has 0 amide bonds. The van der Waals surface area contributed by atoms with Crippen molar-refractivity contribution in [2.45, 2.75) is 12.8 Å². The maximum absolute atomic E-state index is 6.51. The van der Waals surface area contributed by atoms with Crippen molar-refractivity contribution in [1.82, 2.24) is 0 Å². The monoisotopic (exact) mass is 918 g/mol. The molecule has 15 rings (SSSR count). The summed E-state index contributed by atoms with van der Waals surface area (Å²) in [4.78, 5) is 0. The summed E-state index contributed by atoms with van der Waals surface area (Å²) in [5.74, 6) is 0.997. The van der Waals surface area contributed by atoms with E-state index in [2.05, 4.69) is 206 Å². The molecule has 3 heterocycles. The first kappa shape index (κ1) is 37.3. The van der Waals surface area contributed by atoms with Gasteiger partial charge in [0.05, 0.1) is 0 Å². The topological polar surface area (TPSA) is 26.3 Å². The molecular formula is C64H38O2Se. The summed E-state index contributed by atoms with van der Waals surface area (Å²) in [5, 5.41) is 16.3. The van der Waals surface area contributed by atoms with Crippen molar-refractivity contribution in [3.63, 3.8) is 0 Å². The molecule has 0 fully saturated rings. The summed E-state index contributed by atoms with van der Waals surface area (Å²) >= 11 is 0.162. The number of rotatable bonds is 4. The number of hydrogen-bond donors (Lipinski definition) is 0. The molecule has 312 valence electrons. The van der Waals surface area contributed by atoms with Gasteiger partial charge in [0.1, 0.15) is 0 Å². The van der Waals surface area contributed by atoms with Gasteiger partial charge in [-0.15, -0.1) is 0 Å². The molecule has 0 aliphatic heterocycles. The van der Waals surface area contributed by atoms with Crippen molar-refractivity contribution in [3.05, 3.63) is 212 Å². The van der Waals surface area contributed by atoms with Crippen LogP contribution in [-0.2, 0) is 6.42 Å². The van der Waals surface area contributed by atoms with Crippen LogP contribution in [0.25, 0.3) is 146 Å². The quantitative estimate of drug-likeness (QED) is 0.130. The van der Waals surface area contributed by atoms with E-state index in [-0.39, 0.29) is 14.5 Å². The third kappa shape index (κ3) is 5.33. The van der Waals surface area contributed by atoms with Gasteiger partial charge in [0, 0.05) is 0 Å². The number of benzene rings is 11. The summed E-state index contributed by atoms with van der Waals surface area (Å²) in [6.07, 6.45) is 6.40. The maximum atomic E-state index is 6.51. The fraction of sp³-hybridized carbons (Fsp3) is 0.0312. The fourth-order valence-corrected chi connectivity index (χ4v) is 14.2. The van der Waals surface area contributed by atoms with Crippen molar-refractivity contribution < 1.29 is 8.83 Å². The molecule has 2 nitrogen and oxygen atoms in total. The van der Waals surface area contributed by atoms with Gasteiger partial charge in [-0.25, -0.2) is 0 Å². The van der Waals surface area contributed by atoms with Crippen LogP contribution in [0.1, 0.15) is 17.7 Å². The molecular weight excluding hydrogens is 880 g/mol. The van der Waals surface area contributed by atoms with Crippen LogP contribution in [0.4, 0.5) is 0 Å². The number of para-hydroxylation sites is 1. The molecule has 67 heavy (non-hydrogen) atoms. The van der Waals surface area contributed by atoms with E-state index in [1.807, 2.05) is 0 Å². The average molecular weight is 918 g/mol. The Balaban J connectivity index is 0.995. The molecule has 0 spiro atoms. The number of fused-ring (bicyclic) bond motifs is 13. The summed E-state index contributed by atoms with van der Waals surface area (Å²) < 4.78 is 15.8. The van der Waals surface area contributed by atoms with Gasteiger partial charge in [0.25, 0.3) is 0 Å². The average Bonchev–Trinajstić information content (AvgIpc) is 4.09. The van der Waals surface area contributed by atoms with Gasteiger partial charge in [-0.2, -0.15) is 0 Å². The van der Waals surface area contributed by atoms with Gasteiger partial charge in [0.15, 0.2) is 0 Å². The standard InChI is InChI=1S/C64H38O2Se/c1-3-18-40-38(16-1)58(39-17-2-4-19-41(39)59(40)48-26-13-31-54-62(48)46-24-9-11-29-52(46)65-54)37-34-35-56-51(36-37)64-50(28-15-33-57(64)67-56)61-44-22-7-5-20-42(44)60(43-21-6-8-23-45(43)61)49-27-14-32-55-63(49)47-25-10-12-30-53(47)66-55/h1-9,11-24,26-36H,10,25H2. The summed E-state index contributed by atoms with van der Waals surface area (Å²) in [6, 6.07) is 72.1. The van der Waals surface area contributed by atoms with Crippen molar-refractivity contribution in [3.8, 4) is 44.5 Å². The second kappa shape index (κ2) is 14.3. The summed E-state index contributed by atoms with van der Waals surface area (Å²) in [7, 11) is 0. The number of furan rings is 2. The van der Waals surface area contributed by atoms with Crippen LogP contribution in [-0.4, -0.2) is 14.5 Å². The zero-order chi connectivity index (χ0) is 43.7. The molecule has 11 aromatic carbocycles. The van der Waals surface area contributed by atoms with E-state index in [9.17, 15) is 0 Å². The zero-order valence-corrected chi connectivity index (χ0v) is 38.0. The molecule has 1 aliphatic rings. The molecule has 0 radical (unpaired) electrons. The third-order valence-electron chi connectivity index (χ3n) is 14.5. The van der Waals surface area contributed by atoms with E-state index < -0.39 is 0 Å². The molecule has 0 atom stereocenters. The Morgan fingerprint density at radius 2 is 0.821 bits per heavy atom. The van der Waals surface area contributed by atoms with E-state index >= 15 is 0 Å². The molecule has 3 aromatic heterocycles. The minimum atomic E-state index is 0.162. The van der Waals surface area contributed by atoms with Crippen molar-refractivity contribution >= 4 is 116 Å². The van der Waals surface area contributed by atoms with Crippen LogP contribution >= 0.6 is 0 Å². The van der Waals surface area contributed by atoms with Crippen LogP contribution in [0.2, 0.25) is 0 Å². The molecule has 0 N–H and O–H groups in total. The van der Waals surface area contributed by atoms with Gasteiger partial charge in [-0.3, -0.25) is 0 Å². The number of hydrogen-bond acceptors (Lipinski definition) is 2. The third-order valence-corrected chi connectivity index (χ3v) is 16.9. The van der Waals surface area contributed by atoms with E-state index in [0.29, 0.717) is 0 Å². The normalized spacial score (nSPS) is 12.9. The van der Waals surface area contributed by atoms with Gasteiger partial charge in [0.2, 0.25) is 0 Å². The predicted octanol–water partition coefficient (Wildman–Crippen LogP) is 17.9. The Morgan fingerprint density at radius 3 is 1.42 bits per heavy atom. The Kier molecular flexibility index (Phi) is 7.95. The first-order valence-corrected chi connectivity index (χ1v) is 24.9.